The van der Waals surface area contributed by atoms with Gasteiger partial charge in [-0.3, -0.25) is 9.59 Å². The van der Waals surface area contributed by atoms with Crippen LogP contribution in [-0.2, 0) is 19.6 Å². The zero-order valence-corrected chi connectivity index (χ0v) is 20.5. The molecule has 0 N–H and O–H groups in total. The van der Waals surface area contributed by atoms with Crippen molar-refractivity contribution in [1.82, 2.24) is 9.21 Å². The highest BCUT2D eigenvalue weighted by atomic mass is 32.2. The second-order valence-electron chi connectivity index (χ2n) is 8.69. The summed E-state index contributed by atoms with van der Waals surface area (Å²) in [4.78, 5) is 30.1. The van der Waals surface area contributed by atoms with E-state index in [4.69, 9.17) is 0 Å². The molecule has 0 aliphatic carbocycles. The first kappa shape index (κ1) is 23.1. The first-order valence-electron chi connectivity index (χ1n) is 11.5. The Kier molecular flexibility index (Phi) is 6.50. The van der Waals surface area contributed by atoms with E-state index >= 15 is 0 Å². The summed E-state index contributed by atoms with van der Waals surface area (Å²) in [6, 6.07) is 15.0. The number of carbonyl (C=O) groups excluding carboxylic acids is 2. The maximum Gasteiger partial charge on any atom is 0.243 e. The Morgan fingerprint density at radius 3 is 2.47 bits per heavy atom. The molecule has 0 atom stereocenters. The quantitative estimate of drug-likeness (QED) is 0.634. The summed E-state index contributed by atoms with van der Waals surface area (Å²) in [6.45, 7) is 2.03. The van der Waals surface area contributed by atoms with Crippen LogP contribution in [0.5, 0.6) is 0 Å². The van der Waals surface area contributed by atoms with E-state index in [0.717, 1.165) is 24.2 Å². The van der Waals surface area contributed by atoms with Crippen molar-refractivity contribution in [3.05, 3.63) is 60.2 Å². The van der Waals surface area contributed by atoms with Crippen LogP contribution < -0.4 is 4.90 Å². The van der Waals surface area contributed by atoms with Crippen LogP contribution in [0, 0.1) is 0 Å². The Bertz CT molecular complexity index is 1240. The highest BCUT2D eigenvalue weighted by Crippen LogP contribution is 2.38. The van der Waals surface area contributed by atoms with Crippen molar-refractivity contribution in [3.63, 3.8) is 0 Å². The molecule has 2 aromatic rings. The van der Waals surface area contributed by atoms with Gasteiger partial charge in [0.2, 0.25) is 21.8 Å². The van der Waals surface area contributed by atoms with Gasteiger partial charge in [-0.2, -0.15) is 4.31 Å². The lowest BCUT2D eigenvalue weighted by atomic mass is 9.99. The van der Waals surface area contributed by atoms with E-state index in [1.807, 2.05) is 18.2 Å². The van der Waals surface area contributed by atoms with Crippen molar-refractivity contribution >= 4 is 44.9 Å². The summed E-state index contributed by atoms with van der Waals surface area (Å²) in [5.74, 6) is -0.0854. The fourth-order valence-corrected chi connectivity index (χ4v) is 7.09. The topological polar surface area (TPSA) is 78.0 Å². The number of hydrogen-bond acceptors (Lipinski definition) is 5. The Hall–Kier alpha value is -2.62. The standard InChI is InChI=1S/C25H27N3O4S2/c29-24(26-14-10-20(11-15-26)19-6-2-1-3-7-19)17-28-22-16-21(8-9-23(22)33-18-25(28)30)34(31,32)27-12-4-5-13-27/h1-3,6-10,16H,4-5,11-15,17-18H2. The van der Waals surface area contributed by atoms with Gasteiger partial charge in [0.15, 0.2) is 0 Å². The van der Waals surface area contributed by atoms with Gasteiger partial charge >= 0.3 is 0 Å². The SMILES string of the molecule is O=C(CN1C(=O)CSc2ccc(S(=O)(=O)N3CCCC3)cc21)N1CC=C(c2ccccc2)CC1. The minimum absolute atomic E-state index is 0.0892. The molecule has 3 heterocycles. The third-order valence-electron chi connectivity index (χ3n) is 6.58. The van der Waals surface area contributed by atoms with Gasteiger partial charge in [-0.15, -0.1) is 11.8 Å². The minimum Gasteiger partial charge on any atom is -0.337 e. The van der Waals surface area contributed by atoms with E-state index in [9.17, 15) is 18.0 Å². The summed E-state index contributed by atoms with van der Waals surface area (Å²) < 4.78 is 27.6. The van der Waals surface area contributed by atoms with Gasteiger partial charge in [0.05, 0.1) is 16.3 Å². The Morgan fingerprint density at radius 1 is 1.00 bits per heavy atom. The molecule has 0 saturated carbocycles. The normalized spacial score (nSPS) is 19.2. The monoisotopic (exact) mass is 497 g/mol. The van der Waals surface area contributed by atoms with E-state index in [2.05, 4.69) is 18.2 Å². The van der Waals surface area contributed by atoms with E-state index in [1.54, 1.807) is 23.1 Å². The number of anilines is 1. The second kappa shape index (κ2) is 9.56. The van der Waals surface area contributed by atoms with Gasteiger partial charge in [-0.25, -0.2) is 8.42 Å². The minimum atomic E-state index is -3.61. The molecular weight excluding hydrogens is 470 g/mol. The summed E-state index contributed by atoms with van der Waals surface area (Å²) in [5, 5.41) is 0. The third kappa shape index (κ3) is 4.52. The van der Waals surface area contributed by atoms with E-state index in [0.29, 0.717) is 31.9 Å². The van der Waals surface area contributed by atoms with Gasteiger partial charge in [0.1, 0.15) is 6.54 Å². The largest absolute Gasteiger partial charge is 0.337 e. The summed E-state index contributed by atoms with van der Waals surface area (Å²) in [7, 11) is -3.61. The summed E-state index contributed by atoms with van der Waals surface area (Å²) >= 11 is 1.38. The number of nitrogens with zero attached hydrogens (tertiary/aromatic N) is 3. The molecule has 9 heteroatoms. The van der Waals surface area contributed by atoms with Gasteiger partial charge < -0.3 is 9.80 Å². The van der Waals surface area contributed by atoms with Crippen molar-refractivity contribution in [1.29, 1.82) is 0 Å². The van der Waals surface area contributed by atoms with Crippen molar-refractivity contribution in [2.45, 2.75) is 29.1 Å². The average Bonchev–Trinajstić information content (AvgIpc) is 3.42. The van der Waals surface area contributed by atoms with E-state index in [-0.39, 0.29) is 29.0 Å². The van der Waals surface area contributed by atoms with Crippen LogP contribution in [0.15, 0.2) is 64.4 Å². The fourth-order valence-electron chi connectivity index (χ4n) is 4.64. The number of sulfonamides is 1. The van der Waals surface area contributed by atoms with Crippen LogP contribution in [0.1, 0.15) is 24.8 Å². The Balaban J connectivity index is 1.34. The van der Waals surface area contributed by atoms with Crippen molar-refractivity contribution in [2.24, 2.45) is 0 Å². The number of hydrogen-bond donors (Lipinski definition) is 0. The smallest absolute Gasteiger partial charge is 0.243 e. The number of fused-ring (bicyclic) bond motifs is 1. The van der Waals surface area contributed by atoms with Crippen LogP contribution in [-0.4, -0.2) is 67.9 Å². The number of carbonyl (C=O) groups is 2. The van der Waals surface area contributed by atoms with Crippen molar-refractivity contribution in [3.8, 4) is 0 Å². The molecule has 0 aromatic heterocycles. The van der Waals surface area contributed by atoms with Crippen LogP contribution in [0.3, 0.4) is 0 Å². The zero-order valence-electron chi connectivity index (χ0n) is 18.9. The Labute approximate surface area is 204 Å². The van der Waals surface area contributed by atoms with Gasteiger partial charge in [0, 0.05) is 31.1 Å². The van der Waals surface area contributed by atoms with Gasteiger partial charge in [0.25, 0.3) is 0 Å². The summed E-state index contributed by atoms with van der Waals surface area (Å²) in [6.07, 6.45) is 4.54. The lowest BCUT2D eigenvalue weighted by Gasteiger charge is -2.32. The predicted molar refractivity (Wildman–Crippen MR) is 133 cm³/mol. The van der Waals surface area contributed by atoms with Gasteiger partial charge in [-0.1, -0.05) is 36.4 Å². The van der Waals surface area contributed by atoms with Crippen LogP contribution >= 0.6 is 11.8 Å². The van der Waals surface area contributed by atoms with Crippen LogP contribution in [0.4, 0.5) is 5.69 Å². The lowest BCUT2D eigenvalue weighted by molar-refractivity contribution is -0.130. The van der Waals surface area contributed by atoms with Crippen molar-refractivity contribution < 1.29 is 18.0 Å². The summed E-state index contributed by atoms with van der Waals surface area (Å²) in [5.41, 5.74) is 2.89. The predicted octanol–water partition coefficient (Wildman–Crippen LogP) is 3.23. The number of amides is 2. The molecule has 0 bridgehead atoms. The average molecular weight is 498 g/mol. The maximum absolute atomic E-state index is 13.1. The molecule has 5 rings (SSSR count). The molecule has 34 heavy (non-hydrogen) atoms. The molecule has 3 aliphatic heterocycles. The maximum atomic E-state index is 13.1. The number of rotatable bonds is 5. The molecule has 2 amide bonds. The first-order valence-corrected chi connectivity index (χ1v) is 14.0. The molecular formula is C25H27N3O4S2. The first-order chi connectivity index (χ1) is 16.4. The van der Waals surface area contributed by atoms with Gasteiger partial charge in [-0.05, 0) is 48.6 Å². The van der Waals surface area contributed by atoms with Crippen LogP contribution in [0.2, 0.25) is 0 Å². The highest BCUT2D eigenvalue weighted by molar-refractivity contribution is 8.00. The van der Waals surface area contributed by atoms with Crippen molar-refractivity contribution in [2.75, 3.05) is 43.4 Å². The molecule has 3 aliphatic rings. The molecule has 178 valence electrons. The molecule has 2 aromatic carbocycles. The Morgan fingerprint density at radius 2 is 1.76 bits per heavy atom. The third-order valence-corrected chi connectivity index (χ3v) is 9.52. The second-order valence-corrected chi connectivity index (χ2v) is 11.6. The number of thioether (sulfide) groups is 1. The molecule has 0 unspecified atom stereocenters. The zero-order chi connectivity index (χ0) is 23.7. The molecule has 1 fully saturated rings. The number of benzene rings is 2. The van der Waals surface area contributed by atoms with E-state index in [1.165, 1.54) is 32.1 Å². The van der Waals surface area contributed by atoms with Crippen LogP contribution in [0.25, 0.3) is 5.57 Å². The van der Waals surface area contributed by atoms with E-state index < -0.39 is 10.0 Å². The molecule has 0 spiro atoms. The molecule has 0 radical (unpaired) electrons. The molecule has 7 nitrogen and oxygen atoms in total. The molecule has 1 saturated heterocycles. The fraction of sp³-hybridized carbons (Fsp3) is 0.360. The highest BCUT2D eigenvalue weighted by Gasteiger charge is 2.32. The lowest BCUT2D eigenvalue weighted by Crippen LogP contribution is -2.46.